The molecule has 4 nitrogen and oxygen atoms in total. The summed E-state index contributed by atoms with van der Waals surface area (Å²) < 4.78 is 0. The fourth-order valence-corrected chi connectivity index (χ4v) is 4.62. The summed E-state index contributed by atoms with van der Waals surface area (Å²) in [4.78, 5) is 20.4. The van der Waals surface area contributed by atoms with Crippen LogP contribution in [-0.4, -0.2) is 29.4 Å². The molecule has 0 bridgehead atoms. The molecule has 5 heteroatoms. The van der Waals surface area contributed by atoms with Crippen LogP contribution < -0.4 is 5.32 Å². The summed E-state index contributed by atoms with van der Waals surface area (Å²) in [6, 6.07) is 14.5. The summed E-state index contributed by atoms with van der Waals surface area (Å²) in [6.07, 6.45) is 0. The van der Waals surface area contributed by atoms with Crippen LogP contribution in [0.15, 0.2) is 42.5 Å². The first kappa shape index (κ1) is 20.2. The van der Waals surface area contributed by atoms with Gasteiger partial charge < -0.3 is 5.32 Å². The second-order valence-electron chi connectivity index (χ2n) is 7.38. The van der Waals surface area contributed by atoms with Gasteiger partial charge in [-0.2, -0.15) is 0 Å². The Morgan fingerprint density at radius 1 is 1.07 bits per heavy atom. The minimum Gasteiger partial charge on any atom is -0.324 e. The van der Waals surface area contributed by atoms with Crippen LogP contribution in [0.25, 0.3) is 10.4 Å². The number of carbonyl (C=O) groups is 1. The van der Waals surface area contributed by atoms with Crippen LogP contribution in [0.1, 0.15) is 27.4 Å². The zero-order valence-electron chi connectivity index (χ0n) is 17.2. The van der Waals surface area contributed by atoms with E-state index in [9.17, 15) is 4.79 Å². The molecule has 0 unspecified atom stereocenters. The van der Waals surface area contributed by atoms with E-state index in [2.05, 4.69) is 36.5 Å². The number of rotatable bonds is 6. The summed E-state index contributed by atoms with van der Waals surface area (Å²) in [6.45, 7) is 9.15. The number of nitrogens with zero attached hydrogens (tertiary/aromatic N) is 2. The normalized spacial score (nSPS) is 11.1. The highest BCUT2D eigenvalue weighted by molar-refractivity contribution is 7.15. The van der Waals surface area contributed by atoms with Crippen molar-refractivity contribution in [1.29, 1.82) is 0 Å². The first-order valence-electron chi connectivity index (χ1n) is 9.41. The van der Waals surface area contributed by atoms with Gasteiger partial charge in [0.25, 0.3) is 0 Å². The highest BCUT2D eigenvalue weighted by atomic mass is 32.1. The van der Waals surface area contributed by atoms with Crippen LogP contribution in [0, 0.1) is 27.7 Å². The molecule has 0 radical (unpaired) electrons. The first-order valence-corrected chi connectivity index (χ1v) is 10.2. The Morgan fingerprint density at radius 2 is 1.71 bits per heavy atom. The van der Waals surface area contributed by atoms with Crippen LogP contribution in [-0.2, 0) is 11.3 Å². The van der Waals surface area contributed by atoms with Crippen LogP contribution >= 0.6 is 11.3 Å². The van der Waals surface area contributed by atoms with Crippen molar-refractivity contribution in [3.8, 4) is 10.4 Å². The summed E-state index contributed by atoms with van der Waals surface area (Å²) in [7, 11) is 1.95. The Morgan fingerprint density at radius 3 is 2.36 bits per heavy atom. The molecule has 146 valence electrons. The lowest BCUT2D eigenvalue weighted by molar-refractivity contribution is -0.117. The molecule has 0 saturated heterocycles. The SMILES string of the molecule is Cc1cc(C)c(NC(=O)CN(C)Cc2nc(C)c(-c3ccccc3)s2)c(C)c1. The second-order valence-corrected chi connectivity index (χ2v) is 8.47. The summed E-state index contributed by atoms with van der Waals surface area (Å²) >= 11 is 1.69. The van der Waals surface area contributed by atoms with E-state index in [0.717, 1.165) is 27.5 Å². The fraction of sp³-hybridized carbons (Fsp3) is 0.304. The van der Waals surface area contributed by atoms with Gasteiger partial charge in [-0.25, -0.2) is 4.98 Å². The minimum absolute atomic E-state index is 0.00545. The molecule has 3 aromatic rings. The summed E-state index contributed by atoms with van der Waals surface area (Å²) in [5.74, 6) is -0.00545. The molecule has 0 spiro atoms. The number of benzene rings is 2. The van der Waals surface area contributed by atoms with Crippen molar-refractivity contribution in [3.05, 3.63) is 69.9 Å². The molecular weight excluding hydrogens is 366 g/mol. The number of carbonyl (C=O) groups excluding carboxylic acids is 1. The zero-order valence-corrected chi connectivity index (χ0v) is 18.0. The second kappa shape index (κ2) is 8.67. The van der Waals surface area contributed by atoms with Gasteiger partial charge >= 0.3 is 0 Å². The average Bonchev–Trinajstić information content (AvgIpc) is 2.98. The van der Waals surface area contributed by atoms with E-state index >= 15 is 0 Å². The molecule has 0 atom stereocenters. The van der Waals surface area contributed by atoms with E-state index in [1.54, 1.807) is 11.3 Å². The van der Waals surface area contributed by atoms with Gasteiger partial charge in [0.15, 0.2) is 0 Å². The van der Waals surface area contributed by atoms with Crippen molar-refractivity contribution in [1.82, 2.24) is 9.88 Å². The topological polar surface area (TPSA) is 45.2 Å². The average molecular weight is 394 g/mol. The highest BCUT2D eigenvalue weighted by Gasteiger charge is 2.14. The molecule has 1 amide bonds. The number of likely N-dealkylation sites (N-methyl/N-ethyl adjacent to an activating group) is 1. The molecule has 0 saturated carbocycles. The third-order valence-electron chi connectivity index (χ3n) is 4.64. The molecule has 0 aliphatic heterocycles. The van der Waals surface area contributed by atoms with Gasteiger partial charge in [0.2, 0.25) is 5.91 Å². The Labute approximate surface area is 171 Å². The van der Waals surface area contributed by atoms with Crippen molar-refractivity contribution in [2.75, 3.05) is 18.9 Å². The van der Waals surface area contributed by atoms with E-state index < -0.39 is 0 Å². The number of thiazole rings is 1. The Balaban J connectivity index is 1.63. The van der Waals surface area contributed by atoms with Crippen LogP contribution in [0.4, 0.5) is 5.69 Å². The standard InChI is InChI=1S/C23H27N3OS/c1-15-11-16(2)22(17(3)12-15)25-20(27)13-26(5)14-21-24-18(4)23(28-21)19-9-7-6-8-10-19/h6-12H,13-14H2,1-5H3,(H,25,27). The van der Waals surface area contributed by atoms with Crippen LogP contribution in [0.2, 0.25) is 0 Å². The predicted molar refractivity (Wildman–Crippen MR) is 118 cm³/mol. The molecule has 1 aromatic heterocycles. The van der Waals surface area contributed by atoms with Gasteiger partial charge in [-0.05, 0) is 51.4 Å². The van der Waals surface area contributed by atoms with Gasteiger partial charge in [-0.15, -0.1) is 11.3 Å². The van der Waals surface area contributed by atoms with E-state index in [-0.39, 0.29) is 5.91 Å². The first-order chi connectivity index (χ1) is 13.3. The Bertz CT molecular complexity index is 956. The van der Waals surface area contributed by atoms with E-state index in [1.165, 1.54) is 16.0 Å². The van der Waals surface area contributed by atoms with Crippen molar-refractivity contribution in [2.24, 2.45) is 0 Å². The molecule has 0 fully saturated rings. The van der Waals surface area contributed by atoms with Crippen molar-refractivity contribution < 1.29 is 4.79 Å². The minimum atomic E-state index is -0.00545. The number of anilines is 1. The van der Waals surface area contributed by atoms with E-state index in [0.29, 0.717) is 13.1 Å². The summed E-state index contributed by atoms with van der Waals surface area (Å²) in [5, 5.41) is 4.09. The third-order valence-corrected chi connectivity index (χ3v) is 5.83. The molecular formula is C23H27N3OS. The number of hydrogen-bond acceptors (Lipinski definition) is 4. The maximum absolute atomic E-state index is 12.5. The van der Waals surface area contributed by atoms with E-state index in [4.69, 9.17) is 4.98 Å². The zero-order chi connectivity index (χ0) is 20.3. The van der Waals surface area contributed by atoms with Gasteiger partial charge in [-0.1, -0.05) is 48.0 Å². The van der Waals surface area contributed by atoms with Crippen LogP contribution in [0.5, 0.6) is 0 Å². The van der Waals surface area contributed by atoms with Gasteiger partial charge in [0, 0.05) is 5.69 Å². The third kappa shape index (κ3) is 4.86. The maximum atomic E-state index is 12.5. The number of aryl methyl sites for hydroxylation is 4. The fourth-order valence-electron chi connectivity index (χ4n) is 3.47. The number of aromatic nitrogens is 1. The van der Waals surface area contributed by atoms with Crippen LogP contribution in [0.3, 0.4) is 0 Å². The highest BCUT2D eigenvalue weighted by Crippen LogP contribution is 2.30. The van der Waals surface area contributed by atoms with E-state index in [1.807, 2.05) is 50.9 Å². The molecule has 2 aromatic carbocycles. The molecule has 0 aliphatic rings. The molecule has 1 N–H and O–H groups in total. The van der Waals surface area contributed by atoms with Crippen molar-refractivity contribution >= 4 is 22.9 Å². The van der Waals surface area contributed by atoms with Gasteiger partial charge in [0.1, 0.15) is 5.01 Å². The number of amides is 1. The smallest absolute Gasteiger partial charge is 0.238 e. The largest absolute Gasteiger partial charge is 0.324 e. The number of hydrogen-bond donors (Lipinski definition) is 1. The Hall–Kier alpha value is -2.50. The van der Waals surface area contributed by atoms with Gasteiger partial charge in [-0.3, -0.25) is 9.69 Å². The molecule has 1 heterocycles. The maximum Gasteiger partial charge on any atom is 0.238 e. The van der Waals surface area contributed by atoms with Crippen molar-refractivity contribution in [2.45, 2.75) is 34.2 Å². The lowest BCUT2D eigenvalue weighted by Gasteiger charge is -2.17. The molecule has 0 aliphatic carbocycles. The Kier molecular flexibility index (Phi) is 6.27. The lowest BCUT2D eigenvalue weighted by atomic mass is 10.1. The molecule has 28 heavy (non-hydrogen) atoms. The predicted octanol–water partition coefficient (Wildman–Crippen LogP) is 5.11. The lowest BCUT2D eigenvalue weighted by Crippen LogP contribution is -2.30. The van der Waals surface area contributed by atoms with Crippen molar-refractivity contribution in [3.63, 3.8) is 0 Å². The molecule has 3 rings (SSSR count). The monoisotopic (exact) mass is 393 g/mol. The summed E-state index contributed by atoms with van der Waals surface area (Å²) in [5.41, 5.74) is 6.54. The number of nitrogens with one attached hydrogen (secondary N) is 1. The van der Waals surface area contributed by atoms with Gasteiger partial charge in [0.05, 0.1) is 23.7 Å². The quantitative estimate of drug-likeness (QED) is 0.633.